The molecule has 3 rings (SSSR count). The standard InChI is InChI=1S/C19H17N3O2S/c1-12-6-7-14(11-13(12)2)15-8-9-16(24-15)18(23)22-19(25)21-17-5-3-4-10-20-17/h3-11H,1-2H3,(H2,20,21,22,23,25). The number of benzene rings is 1. The van der Waals surface area contributed by atoms with Crippen LogP contribution < -0.4 is 10.6 Å². The molecule has 0 aliphatic carbocycles. The van der Waals surface area contributed by atoms with Crippen molar-refractivity contribution in [3.8, 4) is 11.3 Å². The highest BCUT2D eigenvalue weighted by molar-refractivity contribution is 7.80. The quantitative estimate of drug-likeness (QED) is 0.696. The first-order valence-corrected chi connectivity index (χ1v) is 8.14. The van der Waals surface area contributed by atoms with E-state index < -0.39 is 5.91 Å². The largest absolute Gasteiger partial charge is 0.451 e. The molecule has 0 fully saturated rings. The van der Waals surface area contributed by atoms with Crippen LogP contribution in [-0.2, 0) is 0 Å². The van der Waals surface area contributed by atoms with E-state index in [1.165, 1.54) is 11.1 Å². The van der Waals surface area contributed by atoms with Gasteiger partial charge in [0.15, 0.2) is 10.9 Å². The number of furan rings is 1. The van der Waals surface area contributed by atoms with Crippen LogP contribution in [0.1, 0.15) is 21.7 Å². The molecular formula is C19H17N3O2S. The van der Waals surface area contributed by atoms with E-state index in [4.69, 9.17) is 16.6 Å². The van der Waals surface area contributed by atoms with Gasteiger partial charge in [0.05, 0.1) is 0 Å². The normalized spacial score (nSPS) is 10.3. The zero-order valence-electron chi connectivity index (χ0n) is 13.9. The molecule has 3 aromatic rings. The minimum Gasteiger partial charge on any atom is -0.451 e. The first kappa shape index (κ1) is 16.9. The fourth-order valence-corrected chi connectivity index (χ4v) is 2.46. The molecule has 0 spiro atoms. The van der Waals surface area contributed by atoms with Crippen molar-refractivity contribution in [3.05, 3.63) is 71.6 Å². The van der Waals surface area contributed by atoms with Gasteiger partial charge in [0.1, 0.15) is 11.6 Å². The van der Waals surface area contributed by atoms with Crippen LogP contribution in [0, 0.1) is 13.8 Å². The Kier molecular flexibility index (Phi) is 4.90. The lowest BCUT2D eigenvalue weighted by Crippen LogP contribution is -2.34. The molecule has 1 aromatic carbocycles. The molecule has 0 saturated heterocycles. The van der Waals surface area contributed by atoms with Gasteiger partial charge in [-0.3, -0.25) is 10.1 Å². The van der Waals surface area contributed by atoms with Crippen molar-refractivity contribution in [1.82, 2.24) is 10.3 Å². The highest BCUT2D eigenvalue weighted by Crippen LogP contribution is 2.24. The SMILES string of the molecule is Cc1ccc(-c2ccc(C(=O)NC(=S)Nc3ccccn3)o2)cc1C. The first-order valence-electron chi connectivity index (χ1n) is 7.74. The molecule has 0 bridgehead atoms. The maximum atomic E-state index is 12.3. The van der Waals surface area contributed by atoms with E-state index in [0.29, 0.717) is 11.6 Å². The number of amides is 1. The van der Waals surface area contributed by atoms with Crippen LogP contribution >= 0.6 is 12.2 Å². The van der Waals surface area contributed by atoms with Crippen molar-refractivity contribution in [2.45, 2.75) is 13.8 Å². The Bertz CT molecular complexity index is 919. The molecule has 0 aliphatic heterocycles. The van der Waals surface area contributed by atoms with E-state index >= 15 is 0 Å². The lowest BCUT2D eigenvalue weighted by Gasteiger charge is -2.07. The average Bonchev–Trinajstić information content (AvgIpc) is 3.08. The highest BCUT2D eigenvalue weighted by Gasteiger charge is 2.14. The van der Waals surface area contributed by atoms with Crippen molar-refractivity contribution in [2.24, 2.45) is 0 Å². The molecular weight excluding hydrogens is 334 g/mol. The molecule has 0 unspecified atom stereocenters. The summed E-state index contributed by atoms with van der Waals surface area (Å²) in [5, 5.41) is 5.58. The number of pyridine rings is 1. The third kappa shape index (κ3) is 4.10. The van der Waals surface area contributed by atoms with Gasteiger partial charge < -0.3 is 9.73 Å². The molecule has 126 valence electrons. The highest BCUT2D eigenvalue weighted by atomic mass is 32.1. The van der Waals surface area contributed by atoms with Crippen molar-refractivity contribution in [3.63, 3.8) is 0 Å². The van der Waals surface area contributed by atoms with E-state index in [2.05, 4.69) is 22.5 Å². The van der Waals surface area contributed by atoms with Crippen LogP contribution in [-0.4, -0.2) is 16.0 Å². The van der Waals surface area contributed by atoms with Gasteiger partial charge in [-0.05, 0) is 67.5 Å². The van der Waals surface area contributed by atoms with Gasteiger partial charge in [-0.25, -0.2) is 4.98 Å². The summed E-state index contributed by atoms with van der Waals surface area (Å²) in [6.45, 7) is 4.09. The Morgan fingerprint density at radius 1 is 1.08 bits per heavy atom. The van der Waals surface area contributed by atoms with E-state index in [9.17, 15) is 4.79 Å². The summed E-state index contributed by atoms with van der Waals surface area (Å²) < 4.78 is 5.66. The predicted octanol–water partition coefficient (Wildman–Crippen LogP) is 4.09. The third-order valence-corrected chi connectivity index (χ3v) is 3.96. The Hall–Kier alpha value is -2.99. The van der Waals surface area contributed by atoms with E-state index in [1.807, 2.05) is 31.2 Å². The zero-order chi connectivity index (χ0) is 17.8. The van der Waals surface area contributed by atoms with Gasteiger partial charge in [-0.2, -0.15) is 0 Å². The van der Waals surface area contributed by atoms with Crippen LogP contribution in [0.2, 0.25) is 0 Å². The Labute approximate surface area is 151 Å². The first-order chi connectivity index (χ1) is 12.0. The van der Waals surface area contributed by atoms with Crippen LogP contribution in [0.3, 0.4) is 0 Å². The van der Waals surface area contributed by atoms with Gasteiger partial charge in [0.2, 0.25) is 0 Å². The second kappa shape index (κ2) is 7.27. The fraction of sp³-hybridized carbons (Fsp3) is 0.105. The Morgan fingerprint density at radius 3 is 2.64 bits per heavy atom. The zero-order valence-corrected chi connectivity index (χ0v) is 14.7. The lowest BCUT2D eigenvalue weighted by molar-refractivity contribution is 0.0951. The molecule has 2 heterocycles. The van der Waals surface area contributed by atoms with Crippen molar-refractivity contribution >= 4 is 29.1 Å². The third-order valence-electron chi connectivity index (χ3n) is 3.75. The van der Waals surface area contributed by atoms with E-state index in [-0.39, 0.29) is 10.9 Å². The number of hydrogen-bond acceptors (Lipinski definition) is 4. The summed E-state index contributed by atoms with van der Waals surface area (Å²) in [7, 11) is 0. The Balaban J connectivity index is 1.68. The number of thiocarbonyl (C=S) groups is 1. The van der Waals surface area contributed by atoms with Gasteiger partial charge >= 0.3 is 0 Å². The molecule has 2 aromatic heterocycles. The number of aryl methyl sites for hydroxylation is 2. The summed E-state index contributed by atoms with van der Waals surface area (Å²) in [6, 6.07) is 14.8. The number of aromatic nitrogens is 1. The summed E-state index contributed by atoms with van der Waals surface area (Å²) in [5.41, 5.74) is 3.30. The van der Waals surface area contributed by atoms with Crippen LogP contribution in [0.15, 0.2) is 59.1 Å². The molecule has 5 nitrogen and oxygen atoms in total. The van der Waals surface area contributed by atoms with E-state index in [1.54, 1.807) is 30.5 Å². The number of rotatable bonds is 3. The molecule has 2 N–H and O–H groups in total. The molecule has 6 heteroatoms. The van der Waals surface area contributed by atoms with E-state index in [0.717, 1.165) is 5.56 Å². The maximum Gasteiger partial charge on any atom is 0.293 e. The fourth-order valence-electron chi connectivity index (χ4n) is 2.26. The van der Waals surface area contributed by atoms with Crippen molar-refractivity contribution in [1.29, 1.82) is 0 Å². The average molecular weight is 351 g/mol. The lowest BCUT2D eigenvalue weighted by atomic mass is 10.1. The minimum absolute atomic E-state index is 0.160. The monoisotopic (exact) mass is 351 g/mol. The van der Waals surface area contributed by atoms with Gasteiger partial charge in [0, 0.05) is 11.8 Å². The maximum absolute atomic E-state index is 12.3. The van der Waals surface area contributed by atoms with Crippen LogP contribution in [0.4, 0.5) is 5.82 Å². The van der Waals surface area contributed by atoms with Crippen LogP contribution in [0.5, 0.6) is 0 Å². The second-order valence-corrected chi connectivity index (χ2v) is 5.99. The van der Waals surface area contributed by atoms with Crippen LogP contribution in [0.25, 0.3) is 11.3 Å². The summed E-state index contributed by atoms with van der Waals surface area (Å²) in [5.74, 6) is 0.974. The topological polar surface area (TPSA) is 67.2 Å². The minimum atomic E-state index is -0.413. The van der Waals surface area contributed by atoms with Gasteiger partial charge in [0.25, 0.3) is 5.91 Å². The molecule has 0 atom stereocenters. The number of anilines is 1. The number of carbonyl (C=O) groups is 1. The smallest absolute Gasteiger partial charge is 0.293 e. The molecule has 0 radical (unpaired) electrons. The van der Waals surface area contributed by atoms with Crippen molar-refractivity contribution in [2.75, 3.05) is 5.32 Å². The summed E-state index contributed by atoms with van der Waals surface area (Å²) in [4.78, 5) is 16.3. The number of carbonyl (C=O) groups excluding carboxylic acids is 1. The Morgan fingerprint density at radius 2 is 1.92 bits per heavy atom. The summed E-state index contributed by atoms with van der Waals surface area (Å²) in [6.07, 6.45) is 1.63. The van der Waals surface area contributed by atoms with Gasteiger partial charge in [-0.15, -0.1) is 0 Å². The van der Waals surface area contributed by atoms with Gasteiger partial charge in [-0.1, -0.05) is 18.2 Å². The number of hydrogen-bond donors (Lipinski definition) is 2. The second-order valence-electron chi connectivity index (χ2n) is 5.59. The number of nitrogens with zero attached hydrogens (tertiary/aromatic N) is 1. The van der Waals surface area contributed by atoms with Crippen molar-refractivity contribution < 1.29 is 9.21 Å². The molecule has 25 heavy (non-hydrogen) atoms. The summed E-state index contributed by atoms with van der Waals surface area (Å²) >= 11 is 5.12. The molecule has 0 saturated carbocycles. The molecule has 1 amide bonds. The number of nitrogens with one attached hydrogen (secondary N) is 2. The predicted molar refractivity (Wildman–Crippen MR) is 102 cm³/mol. The molecule has 0 aliphatic rings.